The number of aldehydes is 1. The molecule has 0 aromatic carbocycles. The summed E-state index contributed by atoms with van der Waals surface area (Å²) in [6, 6.07) is 1.56. The van der Waals surface area contributed by atoms with E-state index in [4.69, 9.17) is 4.74 Å². The molecule has 0 saturated heterocycles. The molecule has 1 rings (SSSR count). The minimum absolute atomic E-state index is 0.340. The summed E-state index contributed by atoms with van der Waals surface area (Å²) in [5, 5.41) is 0. The minimum atomic E-state index is -0.376. The summed E-state index contributed by atoms with van der Waals surface area (Å²) in [6.45, 7) is 4.82. The van der Waals surface area contributed by atoms with Crippen LogP contribution in [0.15, 0.2) is 12.3 Å². The van der Waals surface area contributed by atoms with Crippen LogP contribution < -0.4 is 0 Å². The van der Waals surface area contributed by atoms with Crippen molar-refractivity contribution in [3.05, 3.63) is 23.5 Å². The molecular weight excluding hydrogens is 194 g/mol. The van der Waals surface area contributed by atoms with E-state index in [2.05, 4.69) is 0 Å². The van der Waals surface area contributed by atoms with E-state index in [1.165, 1.54) is 0 Å². The molecule has 0 bridgehead atoms. The van der Waals surface area contributed by atoms with E-state index in [0.717, 1.165) is 12.7 Å². The number of carbonyl (C=O) groups is 2. The van der Waals surface area contributed by atoms with Crippen molar-refractivity contribution >= 4 is 12.3 Å². The fourth-order valence-electron chi connectivity index (χ4n) is 1.40. The van der Waals surface area contributed by atoms with Gasteiger partial charge in [-0.05, 0) is 19.4 Å². The summed E-state index contributed by atoms with van der Waals surface area (Å²) in [6.07, 6.45) is 3.30. The normalized spacial score (nSPS) is 10.0. The number of esters is 1. The van der Waals surface area contributed by atoms with Gasteiger partial charge < -0.3 is 9.30 Å². The zero-order valence-electron chi connectivity index (χ0n) is 9.03. The van der Waals surface area contributed by atoms with E-state index >= 15 is 0 Å². The van der Waals surface area contributed by atoms with Crippen molar-refractivity contribution in [2.45, 2.75) is 26.8 Å². The van der Waals surface area contributed by atoms with Crippen LogP contribution in [0, 0.1) is 0 Å². The Labute approximate surface area is 88.8 Å². The number of rotatable bonds is 5. The van der Waals surface area contributed by atoms with Crippen molar-refractivity contribution < 1.29 is 14.3 Å². The van der Waals surface area contributed by atoms with E-state index in [1.54, 1.807) is 23.8 Å². The second kappa shape index (κ2) is 5.34. The van der Waals surface area contributed by atoms with Gasteiger partial charge in [0.15, 0.2) is 6.29 Å². The SMILES string of the molecule is CCCn1cc(C=O)cc1C(=O)OCC. The van der Waals surface area contributed by atoms with Crippen LogP contribution in [-0.2, 0) is 11.3 Å². The van der Waals surface area contributed by atoms with Gasteiger partial charge in [-0.25, -0.2) is 4.79 Å². The number of carbonyl (C=O) groups excluding carboxylic acids is 2. The van der Waals surface area contributed by atoms with E-state index in [9.17, 15) is 9.59 Å². The molecule has 0 unspecified atom stereocenters. The molecule has 0 radical (unpaired) electrons. The summed E-state index contributed by atoms with van der Waals surface area (Å²) in [5.41, 5.74) is 0.951. The molecule has 0 N–H and O–H groups in total. The van der Waals surface area contributed by atoms with Gasteiger partial charge in [0.05, 0.1) is 6.61 Å². The molecule has 1 aromatic rings. The van der Waals surface area contributed by atoms with Gasteiger partial charge in [0, 0.05) is 18.3 Å². The third kappa shape index (κ3) is 2.68. The van der Waals surface area contributed by atoms with Gasteiger partial charge in [-0.15, -0.1) is 0 Å². The number of ether oxygens (including phenoxy) is 1. The molecule has 0 saturated carbocycles. The summed E-state index contributed by atoms with van der Waals surface area (Å²) < 4.78 is 6.65. The lowest BCUT2D eigenvalue weighted by atomic mass is 10.3. The van der Waals surface area contributed by atoms with Crippen molar-refractivity contribution in [1.82, 2.24) is 4.57 Å². The predicted molar refractivity (Wildman–Crippen MR) is 56.1 cm³/mol. The first-order chi connectivity index (χ1) is 7.22. The van der Waals surface area contributed by atoms with Crippen molar-refractivity contribution in [2.24, 2.45) is 0 Å². The lowest BCUT2D eigenvalue weighted by Crippen LogP contribution is -2.11. The number of hydrogen-bond donors (Lipinski definition) is 0. The number of nitrogens with zero attached hydrogens (tertiary/aromatic N) is 1. The average Bonchev–Trinajstić information content (AvgIpc) is 2.62. The molecule has 0 spiro atoms. The highest BCUT2D eigenvalue weighted by Gasteiger charge is 2.13. The largest absolute Gasteiger partial charge is 0.461 e. The molecule has 0 aliphatic carbocycles. The number of hydrogen-bond acceptors (Lipinski definition) is 3. The van der Waals surface area contributed by atoms with Gasteiger partial charge in [0.1, 0.15) is 5.69 Å². The molecule has 0 atom stereocenters. The highest BCUT2D eigenvalue weighted by Crippen LogP contribution is 2.09. The Morgan fingerprint density at radius 2 is 2.27 bits per heavy atom. The fourth-order valence-corrected chi connectivity index (χ4v) is 1.40. The van der Waals surface area contributed by atoms with Crippen molar-refractivity contribution in [2.75, 3.05) is 6.61 Å². The fraction of sp³-hybridized carbons (Fsp3) is 0.455. The Bertz CT molecular complexity index is 355. The van der Waals surface area contributed by atoms with Gasteiger partial charge in [0.2, 0.25) is 0 Å². The topological polar surface area (TPSA) is 48.3 Å². The standard InChI is InChI=1S/C11H15NO3/c1-3-5-12-7-9(8-13)6-10(12)11(14)15-4-2/h6-8H,3-5H2,1-2H3. The molecule has 4 heteroatoms. The maximum absolute atomic E-state index is 11.5. The van der Waals surface area contributed by atoms with Crippen LogP contribution in [0.5, 0.6) is 0 Å². The maximum Gasteiger partial charge on any atom is 0.354 e. The Kier molecular flexibility index (Phi) is 4.09. The lowest BCUT2D eigenvalue weighted by Gasteiger charge is -2.06. The molecule has 0 fully saturated rings. The summed E-state index contributed by atoms with van der Waals surface area (Å²) in [7, 11) is 0. The van der Waals surface area contributed by atoms with E-state index in [1.807, 2.05) is 6.92 Å². The van der Waals surface area contributed by atoms with Crippen LogP contribution in [0.25, 0.3) is 0 Å². The summed E-state index contributed by atoms with van der Waals surface area (Å²) in [4.78, 5) is 22.1. The number of aryl methyl sites for hydroxylation is 1. The third-order valence-corrected chi connectivity index (χ3v) is 2.00. The second-order valence-electron chi connectivity index (χ2n) is 3.19. The lowest BCUT2D eigenvalue weighted by molar-refractivity contribution is 0.0513. The monoisotopic (exact) mass is 209 g/mol. The highest BCUT2D eigenvalue weighted by molar-refractivity contribution is 5.90. The zero-order valence-corrected chi connectivity index (χ0v) is 9.03. The summed E-state index contributed by atoms with van der Waals surface area (Å²) >= 11 is 0. The molecule has 0 aliphatic heterocycles. The van der Waals surface area contributed by atoms with Crippen LogP contribution in [0.2, 0.25) is 0 Å². The minimum Gasteiger partial charge on any atom is -0.461 e. The van der Waals surface area contributed by atoms with Crippen LogP contribution in [0.1, 0.15) is 41.1 Å². The van der Waals surface area contributed by atoms with Crippen molar-refractivity contribution in [1.29, 1.82) is 0 Å². The quantitative estimate of drug-likeness (QED) is 0.549. The van der Waals surface area contributed by atoms with Crippen LogP contribution >= 0.6 is 0 Å². The van der Waals surface area contributed by atoms with Gasteiger partial charge in [-0.2, -0.15) is 0 Å². The Morgan fingerprint density at radius 3 is 2.80 bits per heavy atom. The maximum atomic E-state index is 11.5. The van der Waals surface area contributed by atoms with Crippen molar-refractivity contribution in [3.63, 3.8) is 0 Å². The van der Waals surface area contributed by atoms with Gasteiger partial charge in [0.25, 0.3) is 0 Å². The second-order valence-corrected chi connectivity index (χ2v) is 3.19. The highest BCUT2D eigenvalue weighted by atomic mass is 16.5. The summed E-state index contributed by atoms with van der Waals surface area (Å²) in [5.74, 6) is -0.376. The van der Waals surface area contributed by atoms with Gasteiger partial charge in [-0.3, -0.25) is 4.79 Å². The van der Waals surface area contributed by atoms with Crippen LogP contribution in [-0.4, -0.2) is 23.4 Å². The van der Waals surface area contributed by atoms with Crippen LogP contribution in [0.3, 0.4) is 0 Å². The Balaban J connectivity index is 2.97. The van der Waals surface area contributed by atoms with Crippen LogP contribution in [0.4, 0.5) is 0 Å². The molecule has 15 heavy (non-hydrogen) atoms. The first-order valence-corrected chi connectivity index (χ1v) is 5.05. The van der Waals surface area contributed by atoms with Crippen molar-refractivity contribution in [3.8, 4) is 0 Å². The Hall–Kier alpha value is -1.58. The van der Waals surface area contributed by atoms with Gasteiger partial charge >= 0.3 is 5.97 Å². The van der Waals surface area contributed by atoms with E-state index in [-0.39, 0.29) is 5.97 Å². The zero-order chi connectivity index (χ0) is 11.3. The average molecular weight is 209 g/mol. The molecule has 4 nitrogen and oxygen atoms in total. The Morgan fingerprint density at radius 1 is 1.53 bits per heavy atom. The molecule has 82 valence electrons. The predicted octanol–water partition coefficient (Wildman–Crippen LogP) is 1.89. The molecule has 0 amide bonds. The first-order valence-electron chi connectivity index (χ1n) is 5.05. The molecule has 1 aromatic heterocycles. The van der Waals surface area contributed by atoms with E-state index < -0.39 is 0 Å². The van der Waals surface area contributed by atoms with Gasteiger partial charge in [-0.1, -0.05) is 6.92 Å². The third-order valence-electron chi connectivity index (χ3n) is 2.00. The molecule has 1 heterocycles. The number of aromatic nitrogens is 1. The molecular formula is C11H15NO3. The first kappa shape index (κ1) is 11.5. The smallest absolute Gasteiger partial charge is 0.354 e. The van der Waals surface area contributed by atoms with E-state index in [0.29, 0.717) is 24.4 Å². The molecule has 0 aliphatic rings.